The van der Waals surface area contributed by atoms with Crippen LogP contribution in [0.3, 0.4) is 0 Å². The molecule has 0 aliphatic heterocycles. The van der Waals surface area contributed by atoms with Crippen molar-refractivity contribution in [3.8, 4) is 11.8 Å². The highest BCUT2D eigenvalue weighted by molar-refractivity contribution is 9.08. The summed E-state index contributed by atoms with van der Waals surface area (Å²) in [5, 5.41) is 9.44. The second kappa shape index (κ2) is 6.30. The second-order valence-corrected chi connectivity index (χ2v) is 4.43. The molecule has 2 rings (SSSR count). The van der Waals surface area contributed by atoms with Crippen LogP contribution in [0.15, 0.2) is 36.5 Å². The minimum absolute atomic E-state index is 0.196. The summed E-state index contributed by atoms with van der Waals surface area (Å²) in [6, 6.07) is 9.69. The van der Waals surface area contributed by atoms with Gasteiger partial charge in [0.05, 0.1) is 23.5 Å². The van der Waals surface area contributed by atoms with Crippen LogP contribution in [0, 0.1) is 17.1 Å². The van der Waals surface area contributed by atoms with Crippen molar-refractivity contribution in [2.75, 3.05) is 0 Å². The van der Waals surface area contributed by atoms with E-state index in [0.29, 0.717) is 16.6 Å². The van der Waals surface area contributed by atoms with Crippen molar-refractivity contribution in [1.82, 2.24) is 4.98 Å². The summed E-state index contributed by atoms with van der Waals surface area (Å²) in [6.07, 6.45) is 1.61. The van der Waals surface area contributed by atoms with Gasteiger partial charge in [-0.25, -0.2) is 4.39 Å². The molecule has 0 aliphatic carbocycles. The fourth-order valence-corrected chi connectivity index (χ4v) is 1.87. The maximum atomic E-state index is 13.2. The normalized spacial score (nSPS) is 9.95. The van der Waals surface area contributed by atoms with Gasteiger partial charge >= 0.3 is 0 Å². The summed E-state index contributed by atoms with van der Waals surface area (Å²) in [4.78, 5) is 4.16. The van der Waals surface area contributed by atoms with Gasteiger partial charge in [-0.05, 0) is 35.9 Å². The lowest BCUT2D eigenvalue weighted by atomic mass is 10.1. The van der Waals surface area contributed by atoms with E-state index in [1.807, 2.05) is 12.1 Å². The van der Waals surface area contributed by atoms with Crippen LogP contribution in [0.2, 0.25) is 0 Å². The van der Waals surface area contributed by atoms with Crippen LogP contribution in [0.5, 0.6) is 5.75 Å². The van der Waals surface area contributed by atoms with Crippen LogP contribution >= 0.6 is 15.9 Å². The zero-order chi connectivity index (χ0) is 13.7. The number of pyridine rings is 1. The Morgan fingerprint density at radius 1 is 1.32 bits per heavy atom. The molecule has 1 aromatic heterocycles. The predicted molar refractivity (Wildman–Crippen MR) is 72.3 cm³/mol. The van der Waals surface area contributed by atoms with Gasteiger partial charge < -0.3 is 4.74 Å². The molecule has 1 aromatic carbocycles. The molecule has 0 unspecified atom stereocenters. The van der Waals surface area contributed by atoms with Gasteiger partial charge in [-0.3, -0.25) is 4.98 Å². The molecule has 0 fully saturated rings. The van der Waals surface area contributed by atoms with Gasteiger partial charge in [0.25, 0.3) is 0 Å². The van der Waals surface area contributed by atoms with Crippen molar-refractivity contribution < 1.29 is 9.13 Å². The Kier molecular flexibility index (Phi) is 4.48. The predicted octanol–water partition coefficient (Wildman–Crippen LogP) is 3.57. The van der Waals surface area contributed by atoms with Crippen LogP contribution in [0.25, 0.3) is 0 Å². The fourth-order valence-electron chi connectivity index (χ4n) is 1.54. The van der Waals surface area contributed by atoms with Crippen molar-refractivity contribution in [2.45, 2.75) is 11.9 Å². The van der Waals surface area contributed by atoms with Crippen molar-refractivity contribution in [1.29, 1.82) is 5.26 Å². The molecule has 5 heteroatoms. The van der Waals surface area contributed by atoms with Crippen LogP contribution < -0.4 is 4.74 Å². The van der Waals surface area contributed by atoms with E-state index < -0.39 is 5.82 Å². The average molecular weight is 321 g/mol. The van der Waals surface area contributed by atoms with Gasteiger partial charge in [-0.2, -0.15) is 5.26 Å². The molecule has 0 bridgehead atoms. The largest absolute Gasteiger partial charge is 0.487 e. The lowest BCUT2D eigenvalue weighted by Crippen LogP contribution is -1.98. The molecular formula is C14H10BrFN2O. The number of aromatic nitrogens is 1. The molecule has 0 saturated carbocycles. The minimum atomic E-state index is -0.439. The number of ether oxygens (including phenoxy) is 1. The summed E-state index contributed by atoms with van der Waals surface area (Å²) in [7, 11) is 0. The molecule has 0 saturated heterocycles. The molecule has 1 heterocycles. The standard InChI is InChI=1S/C14H10BrFN2O/c15-6-13-1-2-14(8-18-13)19-9-11-3-10(7-17)4-12(16)5-11/h1-5,8H,6,9H2. The summed E-state index contributed by atoms with van der Waals surface area (Å²) in [6.45, 7) is 0.196. The highest BCUT2D eigenvalue weighted by Crippen LogP contribution is 2.15. The Balaban J connectivity index is 2.05. The molecule has 0 atom stereocenters. The van der Waals surface area contributed by atoms with E-state index in [9.17, 15) is 4.39 Å². The molecule has 2 aromatic rings. The first-order valence-electron chi connectivity index (χ1n) is 5.54. The Morgan fingerprint density at radius 2 is 2.16 bits per heavy atom. The summed E-state index contributed by atoms with van der Waals surface area (Å²) < 4.78 is 18.7. The van der Waals surface area contributed by atoms with E-state index in [2.05, 4.69) is 20.9 Å². The zero-order valence-electron chi connectivity index (χ0n) is 9.94. The van der Waals surface area contributed by atoms with Gasteiger partial charge in [0, 0.05) is 5.33 Å². The van der Waals surface area contributed by atoms with Gasteiger partial charge in [-0.15, -0.1) is 0 Å². The van der Waals surface area contributed by atoms with Gasteiger partial charge in [0.1, 0.15) is 18.2 Å². The van der Waals surface area contributed by atoms with E-state index in [4.69, 9.17) is 10.00 Å². The number of alkyl halides is 1. The smallest absolute Gasteiger partial charge is 0.138 e. The first kappa shape index (κ1) is 13.5. The summed E-state index contributed by atoms with van der Waals surface area (Å²) >= 11 is 3.31. The van der Waals surface area contributed by atoms with Crippen LogP contribution in [0.4, 0.5) is 4.39 Å². The Hall–Kier alpha value is -1.93. The Labute approximate surface area is 118 Å². The zero-order valence-corrected chi connectivity index (χ0v) is 11.5. The Bertz CT molecular complexity index is 608. The third-order valence-corrected chi connectivity index (χ3v) is 3.00. The lowest BCUT2D eigenvalue weighted by Gasteiger charge is -2.07. The molecule has 0 N–H and O–H groups in total. The number of hydrogen-bond acceptors (Lipinski definition) is 3. The van der Waals surface area contributed by atoms with E-state index >= 15 is 0 Å². The van der Waals surface area contributed by atoms with Crippen molar-refractivity contribution in [3.05, 3.63) is 59.2 Å². The molecule has 0 aliphatic rings. The fraction of sp³-hybridized carbons (Fsp3) is 0.143. The molecule has 96 valence electrons. The first-order chi connectivity index (χ1) is 9.21. The van der Waals surface area contributed by atoms with E-state index in [0.717, 1.165) is 5.69 Å². The number of hydrogen-bond donors (Lipinski definition) is 0. The van der Waals surface area contributed by atoms with Crippen LogP contribution in [-0.4, -0.2) is 4.98 Å². The number of rotatable bonds is 4. The topological polar surface area (TPSA) is 45.9 Å². The summed E-state index contributed by atoms with van der Waals surface area (Å²) in [5.74, 6) is 0.165. The van der Waals surface area contributed by atoms with Crippen LogP contribution in [0.1, 0.15) is 16.8 Å². The summed E-state index contributed by atoms with van der Waals surface area (Å²) in [5.41, 5.74) is 1.80. The molecule has 19 heavy (non-hydrogen) atoms. The van der Waals surface area contributed by atoms with Crippen LogP contribution in [-0.2, 0) is 11.9 Å². The quantitative estimate of drug-likeness (QED) is 0.809. The molecule has 3 nitrogen and oxygen atoms in total. The number of halogens is 2. The Morgan fingerprint density at radius 3 is 2.79 bits per heavy atom. The number of nitrogens with zero attached hydrogens (tertiary/aromatic N) is 2. The molecule has 0 spiro atoms. The minimum Gasteiger partial charge on any atom is -0.487 e. The maximum Gasteiger partial charge on any atom is 0.138 e. The highest BCUT2D eigenvalue weighted by Gasteiger charge is 2.02. The molecular weight excluding hydrogens is 311 g/mol. The van der Waals surface area contributed by atoms with E-state index in [1.54, 1.807) is 18.3 Å². The SMILES string of the molecule is N#Cc1cc(F)cc(COc2ccc(CBr)nc2)c1. The van der Waals surface area contributed by atoms with E-state index in [1.165, 1.54) is 12.1 Å². The van der Waals surface area contributed by atoms with Crippen molar-refractivity contribution in [3.63, 3.8) is 0 Å². The maximum absolute atomic E-state index is 13.2. The number of nitriles is 1. The third kappa shape index (κ3) is 3.76. The number of benzene rings is 1. The third-order valence-electron chi connectivity index (χ3n) is 2.43. The monoisotopic (exact) mass is 320 g/mol. The molecule has 0 amide bonds. The second-order valence-electron chi connectivity index (χ2n) is 3.87. The average Bonchev–Trinajstić information content (AvgIpc) is 2.45. The molecule has 0 radical (unpaired) electrons. The van der Waals surface area contributed by atoms with Gasteiger partial charge in [0.15, 0.2) is 0 Å². The lowest BCUT2D eigenvalue weighted by molar-refractivity contribution is 0.304. The van der Waals surface area contributed by atoms with E-state index in [-0.39, 0.29) is 12.2 Å². The first-order valence-corrected chi connectivity index (χ1v) is 6.66. The highest BCUT2D eigenvalue weighted by atomic mass is 79.9. The van der Waals surface area contributed by atoms with Crippen molar-refractivity contribution in [2.24, 2.45) is 0 Å². The van der Waals surface area contributed by atoms with Crippen molar-refractivity contribution >= 4 is 15.9 Å². The van der Waals surface area contributed by atoms with Gasteiger partial charge in [0.2, 0.25) is 0 Å². The van der Waals surface area contributed by atoms with Gasteiger partial charge in [-0.1, -0.05) is 15.9 Å².